The monoisotopic (exact) mass is 390 g/mol. The fourth-order valence-electron chi connectivity index (χ4n) is 1.97. The summed E-state index contributed by atoms with van der Waals surface area (Å²) in [6.45, 7) is 11.5. The number of carbonyl (C=O) groups is 3. The summed E-state index contributed by atoms with van der Waals surface area (Å²) in [6, 6.07) is 0. The van der Waals surface area contributed by atoms with E-state index in [-0.39, 0.29) is 51.8 Å². The van der Waals surface area contributed by atoms with Crippen LogP contribution in [0.3, 0.4) is 0 Å². The van der Waals surface area contributed by atoms with Gasteiger partial charge in [-0.1, -0.05) is 70.2 Å². The van der Waals surface area contributed by atoms with Crippen LogP contribution in [0.1, 0.15) is 83.1 Å². The smallest absolute Gasteiger partial charge is 0.224 e. The number of ketones is 1. The molecule has 0 radical (unpaired) electrons. The lowest BCUT2D eigenvalue weighted by Crippen LogP contribution is -2.26. The van der Waals surface area contributed by atoms with Crippen LogP contribution in [0.4, 0.5) is 0 Å². The van der Waals surface area contributed by atoms with E-state index in [0.717, 1.165) is 12.8 Å². The zero-order valence-electron chi connectivity index (χ0n) is 17.1. The van der Waals surface area contributed by atoms with Gasteiger partial charge < -0.3 is 10.2 Å². The summed E-state index contributed by atoms with van der Waals surface area (Å²) >= 11 is 0. The van der Waals surface area contributed by atoms with E-state index in [4.69, 9.17) is 0 Å². The fourth-order valence-corrected chi connectivity index (χ4v) is 1.97. The maximum Gasteiger partial charge on any atom is 0.224 e. The minimum Gasteiger partial charge on any atom is -0.359 e. The third-order valence-electron chi connectivity index (χ3n) is 3.78. The predicted octanol–water partition coefficient (Wildman–Crippen LogP) is 5.04. The molecule has 1 aliphatic rings. The average Bonchev–Trinajstić information content (AvgIpc) is 2.44. The van der Waals surface area contributed by atoms with Gasteiger partial charge in [-0.2, -0.15) is 0 Å². The standard InChI is InChI=1S/C8H14O.C6H13NO.C5H11NO.3CH4/c1-6(2)8(9)7-4-3-5-7;1-5(2)6(8)7(3)4;1-4(2)5(7)6-3;;;/h6-7H,3-5H2,1-2H3;5H,1-4H3;4H,1-3H3,(H,6,7);3*1H4. The van der Waals surface area contributed by atoms with Crippen molar-refractivity contribution in [3.8, 4) is 0 Å². The Morgan fingerprint density at radius 1 is 0.815 bits per heavy atom. The Balaban J connectivity index is -0.0000000857. The van der Waals surface area contributed by atoms with Crippen LogP contribution in [0.2, 0.25) is 0 Å². The lowest BCUT2D eigenvalue weighted by molar-refractivity contribution is -0.132. The molecule has 5 nitrogen and oxygen atoms in total. The molecule has 1 N–H and O–H groups in total. The number of nitrogens with zero attached hydrogens (tertiary/aromatic N) is 1. The fraction of sp³-hybridized carbons (Fsp3) is 0.864. The summed E-state index contributed by atoms with van der Waals surface area (Å²) in [5.41, 5.74) is 0. The van der Waals surface area contributed by atoms with Gasteiger partial charge in [0.2, 0.25) is 11.8 Å². The highest BCUT2D eigenvalue weighted by atomic mass is 16.2. The number of hydrogen-bond acceptors (Lipinski definition) is 3. The van der Waals surface area contributed by atoms with Crippen molar-refractivity contribution in [1.82, 2.24) is 10.2 Å². The molecule has 1 rings (SSSR count). The van der Waals surface area contributed by atoms with Crippen LogP contribution in [0.25, 0.3) is 0 Å². The minimum atomic E-state index is 0. The predicted molar refractivity (Wildman–Crippen MR) is 120 cm³/mol. The topological polar surface area (TPSA) is 66.5 Å². The van der Waals surface area contributed by atoms with Crippen molar-refractivity contribution in [3.63, 3.8) is 0 Å². The first-order valence-electron chi connectivity index (χ1n) is 8.92. The normalized spacial score (nSPS) is 11.9. The van der Waals surface area contributed by atoms with Gasteiger partial charge in [-0.15, -0.1) is 0 Å². The molecule has 166 valence electrons. The molecule has 0 atom stereocenters. The zero-order valence-corrected chi connectivity index (χ0v) is 17.1. The average molecular weight is 391 g/mol. The highest BCUT2D eigenvalue weighted by molar-refractivity contribution is 5.83. The van der Waals surface area contributed by atoms with Crippen molar-refractivity contribution in [3.05, 3.63) is 0 Å². The SMILES string of the molecule is C.C.C.CC(C)C(=O)C1CCC1.CC(C)C(=O)N(C)C.CNC(=O)C(C)C. The summed E-state index contributed by atoms with van der Waals surface area (Å²) in [7, 11) is 5.17. The van der Waals surface area contributed by atoms with Crippen molar-refractivity contribution >= 4 is 17.6 Å². The van der Waals surface area contributed by atoms with Gasteiger partial charge in [-0.3, -0.25) is 14.4 Å². The molecule has 0 aromatic rings. The van der Waals surface area contributed by atoms with Gasteiger partial charge in [-0.25, -0.2) is 0 Å². The number of rotatable bonds is 4. The third kappa shape index (κ3) is 17.8. The first kappa shape index (κ1) is 36.5. The molecule has 0 aliphatic heterocycles. The highest BCUT2D eigenvalue weighted by Gasteiger charge is 2.26. The van der Waals surface area contributed by atoms with Gasteiger partial charge in [0, 0.05) is 44.8 Å². The first-order chi connectivity index (χ1) is 10.9. The van der Waals surface area contributed by atoms with Gasteiger partial charge in [0.05, 0.1) is 0 Å². The number of hydrogen-bond donors (Lipinski definition) is 1. The molecule has 2 amide bonds. The van der Waals surface area contributed by atoms with Crippen LogP contribution in [-0.2, 0) is 14.4 Å². The van der Waals surface area contributed by atoms with Crippen LogP contribution in [0, 0.1) is 23.7 Å². The Kier molecular flexibility index (Phi) is 26.2. The summed E-state index contributed by atoms with van der Waals surface area (Å²) in [5, 5.41) is 2.53. The molecule has 0 saturated heterocycles. The number of nitrogens with one attached hydrogen (secondary N) is 1. The largest absolute Gasteiger partial charge is 0.359 e. The molecule has 1 fully saturated rings. The van der Waals surface area contributed by atoms with Crippen LogP contribution in [-0.4, -0.2) is 43.6 Å². The van der Waals surface area contributed by atoms with Gasteiger partial charge >= 0.3 is 0 Å². The maximum absolute atomic E-state index is 11.1. The van der Waals surface area contributed by atoms with E-state index in [0.29, 0.717) is 11.7 Å². The van der Waals surface area contributed by atoms with E-state index in [9.17, 15) is 14.4 Å². The molecule has 0 spiro atoms. The van der Waals surface area contributed by atoms with E-state index >= 15 is 0 Å². The van der Waals surface area contributed by atoms with E-state index < -0.39 is 0 Å². The molecular weight excluding hydrogens is 340 g/mol. The Bertz CT molecular complexity index is 375. The van der Waals surface area contributed by atoms with Gasteiger partial charge in [0.15, 0.2) is 0 Å². The number of amides is 2. The van der Waals surface area contributed by atoms with Gasteiger partial charge in [0.25, 0.3) is 0 Å². The number of carbonyl (C=O) groups excluding carboxylic acids is 3. The van der Waals surface area contributed by atoms with Crippen LogP contribution < -0.4 is 5.32 Å². The van der Waals surface area contributed by atoms with Crippen LogP contribution in [0.5, 0.6) is 0 Å². The summed E-state index contributed by atoms with van der Waals surface area (Å²) in [6.07, 6.45) is 3.57. The molecular formula is C22H50N2O3. The molecule has 5 heteroatoms. The number of Topliss-reactive ketones (excluding diaryl/α,β-unsaturated/α-hetero) is 1. The molecule has 1 aliphatic carbocycles. The first-order valence-corrected chi connectivity index (χ1v) is 8.92. The Morgan fingerprint density at radius 2 is 1.22 bits per heavy atom. The summed E-state index contributed by atoms with van der Waals surface area (Å²) in [5.74, 6) is 1.70. The van der Waals surface area contributed by atoms with E-state index in [1.54, 1.807) is 26.0 Å². The quantitative estimate of drug-likeness (QED) is 0.731. The molecule has 27 heavy (non-hydrogen) atoms. The lowest BCUT2D eigenvalue weighted by atomic mass is 9.79. The summed E-state index contributed by atoms with van der Waals surface area (Å²) < 4.78 is 0. The van der Waals surface area contributed by atoms with Crippen LogP contribution in [0.15, 0.2) is 0 Å². The van der Waals surface area contributed by atoms with Crippen LogP contribution >= 0.6 is 0 Å². The van der Waals surface area contributed by atoms with Crippen molar-refractivity contribution in [1.29, 1.82) is 0 Å². The minimum absolute atomic E-state index is 0. The Hall–Kier alpha value is -1.39. The second kappa shape index (κ2) is 19.4. The van der Waals surface area contributed by atoms with E-state index in [2.05, 4.69) is 5.32 Å². The molecule has 0 heterocycles. The Labute approximate surface area is 170 Å². The van der Waals surface area contributed by atoms with Crippen molar-refractivity contribution < 1.29 is 14.4 Å². The highest BCUT2D eigenvalue weighted by Crippen LogP contribution is 2.29. The Morgan fingerprint density at radius 3 is 1.26 bits per heavy atom. The lowest BCUT2D eigenvalue weighted by Gasteiger charge is -2.25. The van der Waals surface area contributed by atoms with Gasteiger partial charge in [-0.05, 0) is 12.8 Å². The van der Waals surface area contributed by atoms with Gasteiger partial charge in [0.1, 0.15) is 5.78 Å². The molecule has 0 bridgehead atoms. The molecule has 0 aromatic carbocycles. The van der Waals surface area contributed by atoms with Crippen molar-refractivity contribution in [2.75, 3.05) is 21.1 Å². The molecule has 0 aromatic heterocycles. The third-order valence-corrected chi connectivity index (χ3v) is 3.78. The van der Waals surface area contributed by atoms with Crippen molar-refractivity contribution in [2.24, 2.45) is 23.7 Å². The maximum atomic E-state index is 11.1. The van der Waals surface area contributed by atoms with E-state index in [1.807, 2.05) is 41.5 Å². The second-order valence-electron chi connectivity index (χ2n) is 7.34. The zero-order chi connectivity index (χ0) is 19.4. The molecule has 1 saturated carbocycles. The van der Waals surface area contributed by atoms with E-state index in [1.165, 1.54) is 6.42 Å². The molecule has 0 unspecified atom stereocenters. The van der Waals surface area contributed by atoms with Crippen molar-refractivity contribution in [2.45, 2.75) is 83.1 Å². The second-order valence-corrected chi connectivity index (χ2v) is 7.34. The summed E-state index contributed by atoms with van der Waals surface area (Å²) in [4.78, 5) is 33.9.